The molecule has 1 fully saturated rings. The van der Waals surface area contributed by atoms with Gasteiger partial charge in [-0.15, -0.1) is 0 Å². The maximum atomic E-state index is 13.0. The molecule has 1 aliphatic rings. The van der Waals surface area contributed by atoms with Crippen molar-refractivity contribution >= 4 is 5.91 Å². The summed E-state index contributed by atoms with van der Waals surface area (Å²) >= 11 is 0. The van der Waals surface area contributed by atoms with Crippen LogP contribution in [0.5, 0.6) is 0 Å². The van der Waals surface area contributed by atoms with Gasteiger partial charge in [0.2, 0.25) is 5.91 Å². The second-order valence-corrected chi connectivity index (χ2v) is 5.60. The van der Waals surface area contributed by atoms with E-state index < -0.39 is 0 Å². The van der Waals surface area contributed by atoms with Gasteiger partial charge in [-0.05, 0) is 31.5 Å². The molecule has 21 heavy (non-hydrogen) atoms. The fraction of sp³-hybridized carbons (Fsp3) is 0.625. The molecule has 5 heteroatoms. The van der Waals surface area contributed by atoms with E-state index >= 15 is 0 Å². The average Bonchev–Trinajstić information content (AvgIpc) is 3.02. The first-order valence-electron chi connectivity index (χ1n) is 7.61. The van der Waals surface area contributed by atoms with Gasteiger partial charge < -0.3 is 15.0 Å². The van der Waals surface area contributed by atoms with Gasteiger partial charge in [0.1, 0.15) is 0 Å². The molecule has 1 aliphatic heterocycles. The molecule has 1 atom stereocenters. The minimum atomic E-state index is -0.261. The van der Waals surface area contributed by atoms with Gasteiger partial charge >= 0.3 is 0 Å². The molecule has 116 valence electrons. The number of hydrogen-bond acceptors (Lipinski definition) is 4. The van der Waals surface area contributed by atoms with E-state index in [1.807, 2.05) is 23.1 Å². The van der Waals surface area contributed by atoms with Gasteiger partial charge in [0, 0.05) is 26.4 Å². The molecule has 0 spiro atoms. The van der Waals surface area contributed by atoms with Crippen LogP contribution in [0.25, 0.3) is 0 Å². The van der Waals surface area contributed by atoms with E-state index in [0.29, 0.717) is 19.7 Å². The summed E-state index contributed by atoms with van der Waals surface area (Å²) in [6.07, 6.45) is 3.54. The van der Waals surface area contributed by atoms with Crippen LogP contribution in [0, 0.1) is 5.41 Å². The minimum Gasteiger partial charge on any atom is -0.383 e. The van der Waals surface area contributed by atoms with E-state index in [9.17, 15) is 4.79 Å². The maximum absolute atomic E-state index is 13.0. The molecule has 1 saturated heterocycles. The van der Waals surface area contributed by atoms with Gasteiger partial charge in [0.15, 0.2) is 0 Å². The highest BCUT2D eigenvalue weighted by Crippen LogP contribution is 2.32. The summed E-state index contributed by atoms with van der Waals surface area (Å²) in [6, 6.07) is 5.80. The maximum Gasteiger partial charge on any atom is 0.230 e. The molecule has 1 unspecified atom stereocenters. The van der Waals surface area contributed by atoms with Gasteiger partial charge in [-0.2, -0.15) is 0 Å². The Morgan fingerprint density at radius 3 is 2.95 bits per heavy atom. The van der Waals surface area contributed by atoms with Gasteiger partial charge in [0.05, 0.1) is 24.3 Å². The Balaban J connectivity index is 2.12. The average molecular weight is 291 g/mol. The highest BCUT2D eigenvalue weighted by atomic mass is 16.5. The number of ether oxygens (including phenoxy) is 1. The summed E-state index contributed by atoms with van der Waals surface area (Å²) < 4.78 is 5.16. The molecule has 1 aromatic heterocycles. The number of aromatic nitrogens is 1. The predicted octanol–water partition coefficient (Wildman–Crippen LogP) is 1.45. The highest BCUT2D eigenvalue weighted by Gasteiger charge is 2.41. The Morgan fingerprint density at radius 2 is 2.38 bits per heavy atom. The number of pyridine rings is 1. The third-order valence-corrected chi connectivity index (χ3v) is 4.31. The molecule has 1 N–H and O–H groups in total. The summed E-state index contributed by atoms with van der Waals surface area (Å²) in [5, 5.41) is 3.33. The normalized spacial score (nSPS) is 21.4. The second kappa shape index (κ2) is 7.52. The Kier molecular flexibility index (Phi) is 5.70. The second-order valence-electron chi connectivity index (χ2n) is 5.60. The lowest BCUT2D eigenvalue weighted by Crippen LogP contribution is -2.46. The fourth-order valence-corrected chi connectivity index (χ4v) is 2.86. The van der Waals surface area contributed by atoms with Crippen LogP contribution in [0.2, 0.25) is 0 Å². The zero-order chi connectivity index (χ0) is 15.1. The van der Waals surface area contributed by atoms with Crippen LogP contribution in [0.4, 0.5) is 0 Å². The van der Waals surface area contributed by atoms with E-state index in [-0.39, 0.29) is 11.3 Å². The van der Waals surface area contributed by atoms with Gasteiger partial charge in [0.25, 0.3) is 0 Å². The van der Waals surface area contributed by atoms with Crippen molar-refractivity contribution in [2.45, 2.75) is 26.3 Å². The molecule has 5 nitrogen and oxygen atoms in total. The van der Waals surface area contributed by atoms with Crippen LogP contribution in [0.15, 0.2) is 24.4 Å². The summed E-state index contributed by atoms with van der Waals surface area (Å²) in [5.41, 5.74) is 0.655. The van der Waals surface area contributed by atoms with Crippen molar-refractivity contribution in [3.63, 3.8) is 0 Å². The Morgan fingerprint density at radius 1 is 1.52 bits per heavy atom. The SMILES string of the molecule is CCC1(C(=O)N(CCOC)Cc2ccccn2)CCNC1. The molecule has 0 aromatic carbocycles. The molecule has 2 rings (SSSR count). The third-order valence-electron chi connectivity index (χ3n) is 4.31. The molecule has 0 aliphatic carbocycles. The lowest BCUT2D eigenvalue weighted by molar-refractivity contribution is -0.142. The summed E-state index contributed by atoms with van der Waals surface area (Å²) in [4.78, 5) is 19.2. The third kappa shape index (κ3) is 3.80. The van der Waals surface area contributed by atoms with Crippen molar-refractivity contribution in [3.05, 3.63) is 30.1 Å². The Labute approximate surface area is 126 Å². The molecule has 0 bridgehead atoms. The van der Waals surface area contributed by atoms with E-state index in [1.165, 1.54) is 0 Å². The van der Waals surface area contributed by atoms with E-state index in [0.717, 1.165) is 31.6 Å². The largest absolute Gasteiger partial charge is 0.383 e. The van der Waals surface area contributed by atoms with Crippen LogP contribution in [-0.4, -0.2) is 49.1 Å². The highest BCUT2D eigenvalue weighted by molar-refractivity contribution is 5.83. The first-order valence-corrected chi connectivity index (χ1v) is 7.61. The zero-order valence-electron chi connectivity index (χ0n) is 13.0. The summed E-state index contributed by atoms with van der Waals surface area (Å²) in [6.45, 7) is 5.49. The van der Waals surface area contributed by atoms with Gasteiger partial charge in [-0.1, -0.05) is 13.0 Å². The first kappa shape index (κ1) is 15.9. The smallest absolute Gasteiger partial charge is 0.230 e. The minimum absolute atomic E-state index is 0.220. The standard InChI is InChI=1S/C16H25N3O2/c1-3-16(7-9-17-13-16)15(20)19(10-11-21-2)12-14-6-4-5-8-18-14/h4-6,8,17H,3,7,9-13H2,1-2H3. The number of nitrogens with zero attached hydrogens (tertiary/aromatic N) is 2. The fourth-order valence-electron chi connectivity index (χ4n) is 2.86. The lowest BCUT2D eigenvalue weighted by atomic mass is 9.82. The topological polar surface area (TPSA) is 54.5 Å². The van der Waals surface area contributed by atoms with Crippen molar-refractivity contribution in [3.8, 4) is 0 Å². The van der Waals surface area contributed by atoms with Crippen molar-refractivity contribution in [2.75, 3.05) is 33.4 Å². The Bertz CT molecular complexity index is 444. The van der Waals surface area contributed by atoms with Gasteiger partial charge in [-0.25, -0.2) is 0 Å². The number of hydrogen-bond donors (Lipinski definition) is 1. The van der Waals surface area contributed by atoms with Crippen molar-refractivity contribution in [2.24, 2.45) is 5.41 Å². The predicted molar refractivity (Wildman–Crippen MR) is 81.7 cm³/mol. The van der Waals surface area contributed by atoms with Crippen molar-refractivity contribution in [1.29, 1.82) is 0 Å². The molecule has 1 aromatic rings. The van der Waals surface area contributed by atoms with Crippen LogP contribution in [0.1, 0.15) is 25.5 Å². The molecule has 1 amide bonds. The molecule has 2 heterocycles. The summed E-state index contributed by atoms with van der Waals surface area (Å²) in [5.74, 6) is 0.220. The molecule has 0 radical (unpaired) electrons. The number of methoxy groups -OCH3 is 1. The molecular formula is C16H25N3O2. The zero-order valence-corrected chi connectivity index (χ0v) is 13.0. The quantitative estimate of drug-likeness (QED) is 0.826. The summed E-state index contributed by atoms with van der Waals surface area (Å²) in [7, 11) is 1.66. The van der Waals surface area contributed by atoms with Crippen LogP contribution < -0.4 is 5.32 Å². The number of nitrogens with one attached hydrogen (secondary N) is 1. The molecule has 0 saturated carbocycles. The van der Waals surface area contributed by atoms with E-state index in [4.69, 9.17) is 4.74 Å². The number of rotatable bonds is 7. The van der Waals surface area contributed by atoms with Crippen LogP contribution in [0.3, 0.4) is 0 Å². The van der Waals surface area contributed by atoms with E-state index in [2.05, 4.69) is 17.2 Å². The number of carbonyl (C=O) groups is 1. The van der Waals surface area contributed by atoms with Crippen LogP contribution >= 0.6 is 0 Å². The van der Waals surface area contributed by atoms with Crippen molar-refractivity contribution < 1.29 is 9.53 Å². The van der Waals surface area contributed by atoms with Crippen molar-refractivity contribution in [1.82, 2.24) is 15.2 Å². The first-order chi connectivity index (χ1) is 10.2. The lowest BCUT2D eigenvalue weighted by Gasteiger charge is -2.33. The van der Waals surface area contributed by atoms with E-state index in [1.54, 1.807) is 13.3 Å². The van der Waals surface area contributed by atoms with Crippen LogP contribution in [-0.2, 0) is 16.1 Å². The molecular weight excluding hydrogens is 266 g/mol. The Hall–Kier alpha value is -1.46. The number of amides is 1. The number of carbonyl (C=O) groups excluding carboxylic acids is 1. The monoisotopic (exact) mass is 291 g/mol. The van der Waals surface area contributed by atoms with Gasteiger partial charge in [-0.3, -0.25) is 9.78 Å².